The van der Waals surface area contributed by atoms with Crippen molar-refractivity contribution in [3.63, 3.8) is 0 Å². The van der Waals surface area contributed by atoms with Crippen LogP contribution in [0.4, 0.5) is 5.69 Å². The van der Waals surface area contributed by atoms with Gasteiger partial charge in [0.2, 0.25) is 0 Å². The molecule has 0 fully saturated rings. The molecule has 0 bridgehead atoms. The van der Waals surface area contributed by atoms with Crippen LogP contribution in [0, 0.1) is 6.92 Å². The van der Waals surface area contributed by atoms with E-state index in [1.165, 1.54) is 11.1 Å². The first-order chi connectivity index (χ1) is 8.66. The van der Waals surface area contributed by atoms with Crippen LogP contribution >= 0.6 is 15.9 Å². The van der Waals surface area contributed by atoms with Gasteiger partial charge in [0.1, 0.15) is 0 Å². The van der Waals surface area contributed by atoms with Gasteiger partial charge < -0.3 is 5.32 Å². The molecule has 2 heteroatoms. The zero-order valence-corrected chi connectivity index (χ0v) is 12.0. The third-order valence-electron chi connectivity index (χ3n) is 2.80. The molecule has 1 nitrogen and oxygen atoms in total. The topological polar surface area (TPSA) is 12.0 Å². The second kappa shape index (κ2) is 5.87. The van der Waals surface area contributed by atoms with E-state index < -0.39 is 0 Å². The molecule has 0 amide bonds. The van der Waals surface area contributed by atoms with Gasteiger partial charge in [0.25, 0.3) is 0 Å². The number of benzene rings is 2. The van der Waals surface area contributed by atoms with Gasteiger partial charge in [-0.15, -0.1) is 0 Å². The highest BCUT2D eigenvalue weighted by Crippen LogP contribution is 2.24. The highest BCUT2D eigenvalue weighted by Gasteiger charge is 2.01. The molecule has 0 unspecified atom stereocenters. The zero-order chi connectivity index (χ0) is 13.0. The third kappa shape index (κ3) is 3.23. The number of nitrogens with one attached hydrogen (secondary N) is 1. The van der Waals surface area contributed by atoms with Crippen molar-refractivity contribution in [2.24, 2.45) is 0 Å². The molecule has 0 spiro atoms. The van der Waals surface area contributed by atoms with Crippen molar-refractivity contribution in [2.45, 2.75) is 6.92 Å². The third-order valence-corrected chi connectivity index (χ3v) is 3.49. The fourth-order valence-electron chi connectivity index (χ4n) is 1.75. The molecule has 0 heterocycles. The smallest absolute Gasteiger partial charge is 0.0489 e. The Bertz CT molecular complexity index is 546. The first kappa shape index (κ1) is 12.9. The SMILES string of the molecule is C=C(CNc1cc(C)ccc1Br)c1ccccc1. The monoisotopic (exact) mass is 301 g/mol. The molecule has 0 saturated heterocycles. The largest absolute Gasteiger partial charge is 0.380 e. The van der Waals surface area contributed by atoms with E-state index in [1.54, 1.807) is 0 Å². The Labute approximate surface area is 117 Å². The highest BCUT2D eigenvalue weighted by molar-refractivity contribution is 9.10. The van der Waals surface area contributed by atoms with E-state index in [4.69, 9.17) is 0 Å². The van der Waals surface area contributed by atoms with Gasteiger partial charge in [0, 0.05) is 16.7 Å². The van der Waals surface area contributed by atoms with Gasteiger partial charge in [0.15, 0.2) is 0 Å². The van der Waals surface area contributed by atoms with Crippen molar-refractivity contribution in [1.29, 1.82) is 0 Å². The lowest BCUT2D eigenvalue weighted by Gasteiger charge is -2.11. The van der Waals surface area contributed by atoms with E-state index in [0.717, 1.165) is 22.3 Å². The van der Waals surface area contributed by atoms with E-state index in [9.17, 15) is 0 Å². The van der Waals surface area contributed by atoms with Gasteiger partial charge in [-0.25, -0.2) is 0 Å². The Morgan fingerprint density at radius 3 is 2.61 bits per heavy atom. The van der Waals surface area contributed by atoms with Crippen molar-refractivity contribution in [3.8, 4) is 0 Å². The number of hydrogen-bond donors (Lipinski definition) is 1. The summed E-state index contributed by atoms with van der Waals surface area (Å²) in [5, 5.41) is 3.41. The highest BCUT2D eigenvalue weighted by atomic mass is 79.9. The van der Waals surface area contributed by atoms with Crippen LogP contribution in [0.25, 0.3) is 5.57 Å². The van der Waals surface area contributed by atoms with Crippen molar-refractivity contribution in [3.05, 3.63) is 70.7 Å². The number of hydrogen-bond acceptors (Lipinski definition) is 1. The maximum absolute atomic E-state index is 4.11. The average Bonchev–Trinajstić information content (AvgIpc) is 2.40. The maximum atomic E-state index is 4.11. The first-order valence-corrected chi connectivity index (χ1v) is 6.69. The molecular formula is C16H16BrN. The molecule has 92 valence electrons. The molecular weight excluding hydrogens is 286 g/mol. The average molecular weight is 302 g/mol. The van der Waals surface area contributed by atoms with Crippen molar-refractivity contribution >= 4 is 27.2 Å². The van der Waals surface area contributed by atoms with Crippen LogP contribution in [0.1, 0.15) is 11.1 Å². The quantitative estimate of drug-likeness (QED) is 0.848. The second-order valence-electron chi connectivity index (χ2n) is 4.31. The summed E-state index contributed by atoms with van der Waals surface area (Å²) in [4.78, 5) is 0. The molecule has 0 aliphatic carbocycles. The van der Waals surface area contributed by atoms with E-state index in [0.29, 0.717) is 0 Å². The summed E-state index contributed by atoms with van der Waals surface area (Å²) in [6, 6.07) is 16.5. The molecule has 0 radical (unpaired) electrons. The van der Waals surface area contributed by atoms with Crippen molar-refractivity contribution in [1.82, 2.24) is 0 Å². The normalized spacial score (nSPS) is 10.1. The molecule has 0 aliphatic heterocycles. The van der Waals surface area contributed by atoms with Crippen LogP contribution in [-0.4, -0.2) is 6.54 Å². The van der Waals surface area contributed by atoms with Gasteiger partial charge in [-0.1, -0.05) is 43.0 Å². The predicted molar refractivity (Wildman–Crippen MR) is 82.8 cm³/mol. The minimum absolute atomic E-state index is 0.742. The Hall–Kier alpha value is -1.54. The van der Waals surface area contributed by atoms with Crippen molar-refractivity contribution in [2.75, 3.05) is 11.9 Å². The maximum Gasteiger partial charge on any atom is 0.0489 e. The molecule has 2 rings (SSSR count). The van der Waals surface area contributed by atoms with Gasteiger partial charge in [-0.2, -0.15) is 0 Å². The summed E-state index contributed by atoms with van der Waals surface area (Å²) in [6.45, 7) is 6.94. The summed E-state index contributed by atoms with van der Waals surface area (Å²) in [6.07, 6.45) is 0. The van der Waals surface area contributed by atoms with Crippen LogP contribution in [-0.2, 0) is 0 Å². The van der Waals surface area contributed by atoms with Crippen LogP contribution in [0.2, 0.25) is 0 Å². The minimum atomic E-state index is 0.742. The fraction of sp³-hybridized carbons (Fsp3) is 0.125. The number of aryl methyl sites for hydroxylation is 1. The molecule has 0 atom stereocenters. The Kier molecular flexibility index (Phi) is 4.21. The Morgan fingerprint density at radius 1 is 1.17 bits per heavy atom. The molecule has 2 aromatic carbocycles. The van der Waals surface area contributed by atoms with E-state index in [1.807, 2.05) is 18.2 Å². The first-order valence-electron chi connectivity index (χ1n) is 5.90. The van der Waals surface area contributed by atoms with Gasteiger partial charge in [-0.3, -0.25) is 0 Å². The Morgan fingerprint density at radius 2 is 1.89 bits per heavy atom. The van der Waals surface area contributed by atoms with E-state index in [2.05, 4.69) is 65.1 Å². The van der Waals surface area contributed by atoms with Crippen LogP contribution in [0.3, 0.4) is 0 Å². The van der Waals surface area contributed by atoms with E-state index >= 15 is 0 Å². The number of halogens is 1. The Balaban J connectivity index is 2.04. The fourth-order valence-corrected chi connectivity index (χ4v) is 2.14. The lowest BCUT2D eigenvalue weighted by molar-refractivity contribution is 1.32. The predicted octanol–water partition coefficient (Wildman–Crippen LogP) is 4.88. The van der Waals surface area contributed by atoms with Gasteiger partial charge in [0.05, 0.1) is 0 Å². The standard InChI is InChI=1S/C16H16BrN/c1-12-8-9-15(17)16(10-12)18-11-13(2)14-6-4-3-5-7-14/h3-10,18H,2,11H2,1H3. The zero-order valence-electron chi connectivity index (χ0n) is 10.4. The minimum Gasteiger partial charge on any atom is -0.380 e. The summed E-state index contributed by atoms with van der Waals surface area (Å²) >= 11 is 3.54. The molecule has 0 saturated carbocycles. The van der Waals surface area contributed by atoms with Crippen LogP contribution in [0.5, 0.6) is 0 Å². The molecule has 18 heavy (non-hydrogen) atoms. The number of anilines is 1. The molecule has 0 aromatic heterocycles. The second-order valence-corrected chi connectivity index (χ2v) is 5.16. The molecule has 2 aromatic rings. The van der Waals surface area contributed by atoms with Gasteiger partial charge in [-0.05, 0) is 51.7 Å². The number of rotatable bonds is 4. The van der Waals surface area contributed by atoms with E-state index in [-0.39, 0.29) is 0 Å². The summed E-state index contributed by atoms with van der Waals surface area (Å²) in [5.41, 5.74) is 4.61. The van der Waals surface area contributed by atoms with Crippen molar-refractivity contribution < 1.29 is 0 Å². The molecule has 1 N–H and O–H groups in total. The molecule has 0 aliphatic rings. The van der Waals surface area contributed by atoms with Gasteiger partial charge >= 0.3 is 0 Å². The summed E-state index contributed by atoms with van der Waals surface area (Å²) in [5.74, 6) is 0. The van der Waals surface area contributed by atoms with Crippen LogP contribution in [0.15, 0.2) is 59.6 Å². The lowest BCUT2D eigenvalue weighted by atomic mass is 10.1. The van der Waals surface area contributed by atoms with Crippen LogP contribution < -0.4 is 5.32 Å². The summed E-state index contributed by atoms with van der Waals surface area (Å²) < 4.78 is 1.08. The lowest BCUT2D eigenvalue weighted by Crippen LogP contribution is -2.04. The summed E-state index contributed by atoms with van der Waals surface area (Å²) in [7, 11) is 0.